The molecule has 0 aromatic carbocycles. The SMILES string of the molecule is FC(F)(F)Oc1cnc2[nH]cc(CCCl)c2c1. The predicted octanol–water partition coefficient (Wildman–Crippen LogP) is 3.24. The Morgan fingerprint density at radius 2 is 2.18 bits per heavy atom. The van der Waals surface area contributed by atoms with Crippen LogP contribution in [0.5, 0.6) is 5.75 Å². The van der Waals surface area contributed by atoms with Crippen LogP contribution in [-0.4, -0.2) is 22.2 Å². The Bertz CT molecular complexity index is 524. The number of fused-ring (bicyclic) bond motifs is 1. The van der Waals surface area contributed by atoms with E-state index in [0.29, 0.717) is 23.3 Å². The summed E-state index contributed by atoms with van der Waals surface area (Å²) in [6.45, 7) is 0. The monoisotopic (exact) mass is 264 g/mol. The summed E-state index contributed by atoms with van der Waals surface area (Å²) in [6.07, 6.45) is -1.45. The number of halogens is 4. The van der Waals surface area contributed by atoms with Crippen LogP contribution < -0.4 is 4.74 Å². The van der Waals surface area contributed by atoms with Crippen LogP contribution >= 0.6 is 11.6 Å². The number of aromatic amines is 1. The number of pyridine rings is 1. The van der Waals surface area contributed by atoms with Gasteiger partial charge >= 0.3 is 6.36 Å². The summed E-state index contributed by atoms with van der Waals surface area (Å²) in [7, 11) is 0. The first kappa shape index (κ1) is 12.0. The first-order chi connectivity index (χ1) is 7.99. The van der Waals surface area contributed by atoms with Crippen molar-refractivity contribution in [3.63, 3.8) is 0 Å². The number of ether oxygens (including phenoxy) is 1. The van der Waals surface area contributed by atoms with Crippen LogP contribution in [0, 0.1) is 0 Å². The normalized spacial score (nSPS) is 12.0. The van der Waals surface area contributed by atoms with Crippen LogP contribution in [-0.2, 0) is 6.42 Å². The molecule has 0 unspecified atom stereocenters. The molecule has 2 rings (SSSR count). The van der Waals surface area contributed by atoms with E-state index >= 15 is 0 Å². The first-order valence-corrected chi connectivity index (χ1v) is 5.31. The zero-order valence-electron chi connectivity index (χ0n) is 8.51. The van der Waals surface area contributed by atoms with Gasteiger partial charge in [0, 0.05) is 17.5 Å². The number of hydrogen-bond acceptors (Lipinski definition) is 2. The minimum atomic E-state index is -4.71. The number of H-pyrrole nitrogens is 1. The predicted molar refractivity (Wildman–Crippen MR) is 57.2 cm³/mol. The van der Waals surface area contributed by atoms with E-state index in [1.807, 2.05) is 0 Å². The lowest BCUT2D eigenvalue weighted by molar-refractivity contribution is -0.274. The second-order valence-electron chi connectivity index (χ2n) is 3.37. The van der Waals surface area contributed by atoms with Gasteiger partial charge in [-0.2, -0.15) is 0 Å². The number of aromatic nitrogens is 2. The van der Waals surface area contributed by atoms with Gasteiger partial charge in [-0.05, 0) is 18.1 Å². The lowest BCUT2D eigenvalue weighted by Gasteiger charge is -2.08. The number of aryl methyl sites for hydroxylation is 1. The Balaban J connectivity index is 2.37. The molecule has 0 saturated carbocycles. The highest BCUT2D eigenvalue weighted by Crippen LogP contribution is 2.26. The maximum absolute atomic E-state index is 12.0. The standard InChI is InChI=1S/C10H8ClF3N2O/c11-2-1-6-4-15-9-8(6)3-7(5-16-9)17-10(12,13)14/h3-5H,1-2H2,(H,15,16). The van der Waals surface area contributed by atoms with Gasteiger partial charge in [0.25, 0.3) is 0 Å². The number of hydrogen-bond donors (Lipinski definition) is 1. The van der Waals surface area contributed by atoms with Gasteiger partial charge in [-0.1, -0.05) is 0 Å². The molecule has 0 bridgehead atoms. The zero-order valence-corrected chi connectivity index (χ0v) is 9.27. The summed E-state index contributed by atoms with van der Waals surface area (Å²) in [5.74, 6) is 0.0533. The average Bonchev–Trinajstić information content (AvgIpc) is 2.59. The van der Waals surface area contributed by atoms with Crippen molar-refractivity contribution in [2.75, 3.05) is 5.88 Å². The third-order valence-corrected chi connectivity index (χ3v) is 2.38. The fourth-order valence-corrected chi connectivity index (χ4v) is 1.74. The molecule has 0 atom stereocenters. The molecule has 7 heteroatoms. The molecule has 0 aliphatic rings. The fourth-order valence-electron chi connectivity index (χ4n) is 1.54. The first-order valence-electron chi connectivity index (χ1n) is 4.77. The van der Waals surface area contributed by atoms with Crippen molar-refractivity contribution in [1.82, 2.24) is 9.97 Å². The molecular weight excluding hydrogens is 257 g/mol. The van der Waals surface area contributed by atoms with Crippen molar-refractivity contribution in [1.29, 1.82) is 0 Å². The molecule has 2 aromatic heterocycles. The van der Waals surface area contributed by atoms with Gasteiger partial charge in [-0.15, -0.1) is 24.8 Å². The molecule has 0 fully saturated rings. The van der Waals surface area contributed by atoms with E-state index < -0.39 is 6.36 Å². The molecule has 0 aliphatic heterocycles. The van der Waals surface area contributed by atoms with Gasteiger partial charge in [0.05, 0.1) is 6.20 Å². The number of nitrogens with zero attached hydrogens (tertiary/aromatic N) is 1. The molecular formula is C10H8ClF3N2O. The number of nitrogens with one attached hydrogen (secondary N) is 1. The minimum absolute atomic E-state index is 0.333. The second-order valence-corrected chi connectivity index (χ2v) is 3.75. The van der Waals surface area contributed by atoms with Gasteiger partial charge in [0.1, 0.15) is 11.4 Å². The Kier molecular flexibility index (Phi) is 3.15. The topological polar surface area (TPSA) is 37.9 Å². The van der Waals surface area contributed by atoms with E-state index in [1.54, 1.807) is 6.20 Å². The Hall–Kier alpha value is -1.43. The molecule has 0 saturated heterocycles. The molecule has 17 heavy (non-hydrogen) atoms. The molecule has 0 radical (unpaired) electrons. The van der Waals surface area contributed by atoms with E-state index in [-0.39, 0.29) is 5.75 Å². The van der Waals surface area contributed by atoms with Crippen molar-refractivity contribution in [2.24, 2.45) is 0 Å². The van der Waals surface area contributed by atoms with E-state index in [0.717, 1.165) is 11.8 Å². The maximum Gasteiger partial charge on any atom is 0.573 e. The third-order valence-electron chi connectivity index (χ3n) is 2.19. The highest BCUT2D eigenvalue weighted by Gasteiger charge is 2.31. The summed E-state index contributed by atoms with van der Waals surface area (Å²) < 4.78 is 39.9. The number of alkyl halides is 4. The molecule has 0 amide bonds. The van der Waals surface area contributed by atoms with Crippen molar-refractivity contribution in [3.05, 3.63) is 24.0 Å². The molecule has 1 N–H and O–H groups in total. The molecule has 0 spiro atoms. The zero-order chi connectivity index (χ0) is 12.5. The van der Waals surface area contributed by atoms with Crippen molar-refractivity contribution in [3.8, 4) is 5.75 Å². The summed E-state index contributed by atoms with van der Waals surface area (Å²) in [5.41, 5.74) is 1.33. The summed E-state index contributed by atoms with van der Waals surface area (Å²) in [4.78, 5) is 6.70. The van der Waals surface area contributed by atoms with Gasteiger partial charge < -0.3 is 9.72 Å². The van der Waals surface area contributed by atoms with Crippen LogP contribution in [0.3, 0.4) is 0 Å². The summed E-state index contributed by atoms with van der Waals surface area (Å²) in [6, 6.07) is 1.30. The maximum atomic E-state index is 12.0. The Morgan fingerprint density at radius 1 is 1.41 bits per heavy atom. The van der Waals surface area contributed by atoms with Crippen LogP contribution in [0.15, 0.2) is 18.5 Å². The Labute approximate surface area is 99.6 Å². The molecule has 92 valence electrons. The van der Waals surface area contributed by atoms with Crippen LogP contribution in [0.2, 0.25) is 0 Å². The molecule has 3 nitrogen and oxygen atoms in total. The lowest BCUT2D eigenvalue weighted by Crippen LogP contribution is -2.17. The second kappa shape index (κ2) is 4.44. The van der Waals surface area contributed by atoms with Crippen LogP contribution in [0.4, 0.5) is 13.2 Å². The summed E-state index contributed by atoms with van der Waals surface area (Å²) in [5, 5.41) is 0.590. The smallest absolute Gasteiger partial charge is 0.404 e. The van der Waals surface area contributed by atoms with E-state index in [1.165, 1.54) is 6.07 Å². The highest BCUT2D eigenvalue weighted by atomic mass is 35.5. The van der Waals surface area contributed by atoms with E-state index in [4.69, 9.17) is 11.6 Å². The molecule has 0 aliphatic carbocycles. The third kappa shape index (κ3) is 2.82. The van der Waals surface area contributed by atoms with Gasteiger partial charge in [0.2, 0.25) is 0 Å². The van der Waals surface area contributed by atoms with Crippen molar-refractivity contribution < 1.29 is 17.9 Å². The van der Waals surface area contributed by atoms with E-state index in [2.05, 4.69) is 14.7 Å². The lowest BCUT2D eigenvalue weighted by atomic mass is 10.2. The van der Waals surface area contributed by atoms with Crippen LogP contribution in [0.25, 0.3) is 11.0 Å². The fraction of sp³-hybridized carbons (Fsp3) is 0.300. The summed E-state index contributed by atoms with van der Waals surface area (Å²) >= 11 is 5.59. The highest BCUT2D eigenvalue weighted by molar-refractivity contribution is 6.18. The Morgan fingerprint density at radius 3 is 2.82 bits per heavy atom. The average molecular weight is 265 g/mol. The van der Waals surface area contributed by atoms with Crippen molar-refractivity contribution >= 4 is 22.6 Å². The van der Waals surface area contributed by atoms with Gasteiger partial charge in [-0.3, -0.25) is 0 Å². The van der Waals surface area contributed by atoms with Crippen molar-refractivity contribution in [2.45, 2.75) is 12.8 Å². The molecule has 2 heterocycles. The van der Waals surface area contributed by atoms with Gasteiger partial charge in [0.15, 0.2) is 0 Å². The largest absolute Gasteiger partial charge is 0.573 e. The molecule has 2 aromatic rings. The van der Waals surface area contributed by atoms with E-state index in [9.17, 15) is 13.2 Å². The minimum Gasteiger partial charge on any atom is -0.404 e. The van der Waals surface area contributed by atoms with Gasteiger partial charge in [-0.25, -0.2) is 4.98 Å². The quantitative estimate of drug-likeness (QED) is 0.864. The van der Waals surface area contributed by atoms with Crippen LogP contribution in [0.1, 0.15) is 5.56 Å². The number of rotatable bonds is 3.